The van der Waals surface area contributed by atoms with Gasteiger partial charge in [0.25, 0.3) is 5.91 Å². The molecule has 0 bridgehead atoms. The second-order valence-corrected chi connectivity index (χ2v) is 6.48. The van der Waals surface area contributed by atoms with E-state index in [0.29, 0.717) is 29.4 Å². The van der Waals surface area contributed by atoms with Crippen molar-refractivity contribution in [2.75, 3.05) is 24.9 Å². The van der Waals surface area contributed by atoms with Crippen LogP contribution in [0.4, 0.5) is 11.5 Å². The number of hydrogen-bond donors (Lipinski definition) is 2. The number of pyridine rings is 1. The molecule has 0 saturated carbocycles. The number of anilines is 2. The van der Waals surface area contributed by atoms with E-state index in [4.69, 9.17) is 9.47 Å². The first-order chi connectivity index (χ1) is 14.1. The summed E-state index contributed by atoms with van der Waals surface area (Å²) in [5.74, 6) is 1.79. The number of nitrogens with zero attached hydrogens (tertiary/aromatic N) is 1. The molecular weight excluding hydrogens is 366 g/mol. The molecule has 3 aromatic rings. The van der Waals surface area contributed by atoms with E-state index in [1.807, 2.05) is 42.5 Å². The number of carbonyl (C=O) groups excluding carboxylic acids is 1. The van der Waals surface area contributed by atoms with Gasteiger partial charge < -0.3 is 20.1 Å². The van der Waals surface area contributed by atoms with E-state index in [0.717, 1.165) is 17.7 Å². The molecule has 6 heteroatoms. The number of amides is 1. The Balaban J connectivity index is 1.65. The van der Waals surface area contributed by atoms with Crippen molar-refractivity contribution >= 4 is 17.4 Å². The van der Waals surface area contributed by atoms with Crippen LogP contribution in [0.2, 0.25) is 0 Å². The Morgan fingerprint density at radius 1 is 0.931 bits per heavy atom. The normalized spacial score (nSPS) is 10.3. The largest absolute Gasteiger partial charge is 0.493 e. The van der Waals surface area contributed by atoms with Gasteiger partial charge in [0.1, 0.15) is 5.82 Å². The maximum atomic E-state index is 12.6. The van der Waals surface area contributed by atoms with Gasteiger partial charge in [-0.25, -0.2) is 4.98 Å². The van der Waals surface area contributed by atoms with Crippen LogP contribution in [-0.4, -0.2) is 25.1 Å². The lowest BCUT2D eigenvalue weighted by molar-refractivity contribution is 0.102. The first-order valence-electron chi connectivity index (χ1n) is 9.44. The summed E-state index contributed by atoms with van der Waals surface area (Å²) in [6, 6.07) is 17.0. The third-order valence-corrected chi connectivity index (χ3v) is 4.56. The predicted molar refractivity (Wildman–Crippen MR) is 115 cm³/mol. The van der Waals surface area contributed by atoms with Crippen LogP contribution < -0.4 is 20.1 Å². The summed E-state index contributed by atoms with van der Waals surface area (Å²) >= 11 is 0. The van der Waals surface area contributed by atoms with Crippen molar-refractivity contribution in [3.8, 4) is 11.5 Å². The van der Waals surface area contributed by atoms with Crippen molar-refractivity contribution in [2.24, 2.45) is 0 Å². The molecular formula is C23H25N3O3. The minimum Gasteiger partial charge on any atom is -0.493 e. The molecule has 6 nitrogen and oxygen atoms in total. The summed E-state index contributed by atoms with van der Waals surface area (Å²) in [4.78, 5) is 16.8. The third-order valence-electron chi connectivity index (χ3n) is 4.56. The van der Waals surface area contributed by atoms with Gasteiger partial charge in [0, 0.05) is 24.0 Å². The first-order valence-corrected chi connectivity index (χ1v) is 9.44. The molecule has 1 heterocycles. The maximum absolute atomic E-state index is 12.6. The molecule has 0 radical (unpaired) electrons. The smallest absolute Gasteiger partial charge is 0.255 e. The lowest BCUT2D eigenvalue weighted by atomic mass is 10.1. The van der Waals surface area contributed by atoms with Gasteiger partial charge in [-0.05, 0) is 53.9 Å². The summed E-state index contributed by atoms with van der Waals surface area (Å²) < 4.78 is 10.6. The molecule has 0 saturated heterocycles. The van der Waals surface area contributed by atoms with Crippen LogP contribution in [-0.2, 0) is 13.0 Å². The molecule has 0 spiro atoms. The molecule has 0 fully saturated rings. The highest BCUT2D eigenvalue weighted by atomic mass is 16.5. The number of ether oxygens (including phenoxy) is 2. The standard InChI is InChI=1S/C23H25N3O3/c1-4-16-5-8-19(9-6-16)26-23(27)18-11-12-24-22(14-18)25-15-17-7-10-20(28-2)21(13-17)29-3/h5-14H,4,15H2,1-3H3,(H,24,25)(H,26,27). The Kier molecular flexibility index (Phi) is 6.68. The van der Waals surface area contributed by atoms with Gasteiger partial charge in [0.05, 0.1) is 14.2 Å². The highest BCUT2D eigenvalue weighted by molar-refractivity contribution is 6.04. The van der Waals surface area contributed by atoms with Crippen molar-refractivity contribution in [2.45, 2.75) is 19.9 Å². The predicted octanol–water partition coefficient (Wildman–Crippen LogP) is 4.53. The molecule has 0 aliphatic rings. The Labute approximate surface area is 170 Å². The SMILES string of the molecule is CCc1ccc(NC(=O)c2ccnc(NCc3ccc(OC)c(OC)c3)c2)cc1. The van der Waals surface area contributed by atoms with Gasteiger partial charge in [0.15, 0.2) is 11.5 Å². The van der Waals surface area contributed by atoms with Crippen LogP contribution in [0, 0.1) is 0 Å². The molecule has 0 unspecified atom stereocenters. The van der Waals surface area contributed by atoms with Crippen molar-refractivity contribution in [3.05, 3.63) is 77.5 Å². The summed E-state index contributed by atoms with van der Waals surface area (Å²) in [6.07, 6.45) is 2.58. The minimum atomic E-state index is -0.175. The maximum Gasteiger partial charge on any atom is 0.255 e. The van der Waals surface area contributed by atoms with Crippen molar-refractivity contribution in [1.82, 2.24) is 4.98 Å². The van der Waals surface area contributed by atoms with Gasteiger partial charge in [0.2, 0.25) is 0 Å². The zero-order valence-corrected chi connectivity index (χ0v) is 16.9. The number of methoxy groups -OCH3 is 2. The number of aromatic nitrogens is 1. The average Bonchev–Trinajstić information content (AvgIpc) is 2.78. The number of nitrogens with one attached hydrogen (secondary N) is 2. The van der Waals surface area contributed by atoms with E-state index >= 15 is 0 Å². The van der Waals surface area contributed by atoms with Crippen LogP contribution in [0.1, 0.15) is 28.4 Å². The summed E-state index contributed by atoms with van der Waals surface area (Å²) in [5.41, 5.74) is 3.54. The van der Waals surface area contributed by atoms with Crippen molar-refractivity contribution in [1.29, 1.82) is 0 Å². The second-order valence-electron chi connectivity index (χ2n) is 6.48. The fourth-order valence-corrected chi connectivity index (χ4v) is 2.88. The van der Waals surface area contributed by atoms with Gasteiger partial charge in [-0.3, -0.25) is 4.79 Å². The fourth-order valence-electron chi connectivity index (χ4n) is 2.88. The highest BCUT2D eigenvalue weighted by Crippen LogP contribution is 2.27. The first kappa shape index (κ1) is 20.2. The van der Waals surface area contributed by atoms with Gasteiger partial charge >= 0.3 is 0 Å². The van der Waals surface area contributed by atoms with E-state index in [2.05, 4.69) is 22.5 Å². The molecule has 150 valence electrons. The van der Waals surface area contributed by atoms with Crippen molar-refractivity contribution in [3.63, 3.8) is 0 Å². The molecule has 2 N–H and O–H groups in total. The topological polar surface area (TPSA) is 72.5 Å². The Hall–Kier alpha value is -3.54. The van der Waals surface area contributed by atoms with Crippen molar-refractivity contribution < 1.29 is 14.3 Å². The zero-order chi connectivity index (χ0) is 20.6. The van der Waals surface area contributed by atoms with Crippen LogP contribution in [0.25, 0.3) is 0 Å². The molecule has 1 aromatic heterocycles. The number of rotatable bonds is 8. The van der Waals surface area contributed by atoms with E-state index in [9.17, 15) is 4.79 Å². The van der Waals surface area contributed by atoms with E-state index in [-0.39, 0.29) is 5.91 Å². The van der Waals surface area contributed by atoms with E-state index in [1.165, 1.54) is 5.56 Å². The second kappa shape index (κ2) is 9.59. The average molecular weight is 391 g/mol. The molecule has 3 rings (SSSR count). The molecule has 0 aliphatic heterocycles. The quantitative estimate of drug-likeness (QED) is 0.590. The number of benzene rings is 2. The minimum absolute atomic E-state index is 0.175. The van der Waals surface area contributed by atoms with Crippen LogP contribution in [0.15, 0.2) is 60.8 Å². The lowest BCUT2D eigenvalue weighted by Gasteiger charge is -2.11. The fraction of sp³-hybridized carbons (Fsp3) is 0.217. The summed E-state index contributed by atoms with van der Waals surface area (Å²) in [7, 11) is 3.21. The van der Waals surface area contributed by atoms with Crippen LogP contribution in [0.5, 0.6) is 11.5 Å². The Morgan fingerprint density at radius 2 is 1.66 bits per heavy atom. The number of hydrogen-bond acceptors (Lipinski definition) is 5. The van der Waals surface area contributed by atoms with Gasteiger partial charge in [-0.15, -0.1) is 0 Å². The number of aryl methyl sites for hydroxylation is 1. The molecule has 1 amide bonds. The molecule has 0 atom stereocenters. The Bertz CT molecular complexity index is 971. The van der Waals surface area contributed by atoms with Gasteiger partial charge in [-0.2, -0.15) is 0 Å². The highest BCUT2D eigenvalue weighted by Gasteiger charge is 2.09. The molecule has 29 heavy (non-hydrogen) atoms. The van der Waals surface area contributed by atoms with Crippen LogP contribution >= 0.6 is 0 Å². The molecule has 2 aromatic carbocycles. The molecule has 0 aliphatic carbocycles. The number of carbonyl (C=O) groups is 1. The zero-order valence-electron chi connectivity index (χ0n) is 16.9. The Morgan fingerprint density at radius 3 is 2.34 bits per heavy atom. The van der Waals surface area contributed by atoms with Gasteiger partial charge in [-0.1, -0.05) is 25.1 Å². The summed E-state index contributed by atoms with van der Waals surface area (Å²) in [6.45, 7) is 2.64. The monoisotopic (exact) mass is 391 g/mol. The van der Waals surface area contributed by atoms with E-state index < -0.39 is 0 Å². The lowest BCUT2D eigenvalue weighted by Crippen LogP contribution is -2.12. The van der Waals surface area contributed by atoms with E-state index in [1.54, 1.807) is 32.5 Å². The summed E-state index contributed by atoms with van der Waals surface area (Å²) in [5, 5.41) is 6.15. The van der Waals surface area contributed by atoms with Crippen LogP contribution in [0.3, 0.4) is 0 Å². The third kappa shape index (κ3) is 5.25.